The topological polar surface area (TPSA) is 89.2 Å². The standard InChI is InChI=1S/C23H28ClN7S/c1-23(2)11-15-5-4-6-19(17(15)12-23)30-27-13-18-20(24)28-22(32-3)29-21(18)31-10-9-26-16(14-31)7-8-25/h4-6,13,16,26,30H,7,9-12,14H2,1-3H3/b27-13+. The Labute approximate surface area is 198 Å². The van der Waals surface area contributed by atoms with Gasteiger partial charge in [-0.25, -0.2) is 9.97 Å². The summed E-state index contributed by atoms with van der Waals surface area (Å²) in [4.78, 5) is 11.3. The highest BCUT2D eigenvalue weighted by molar-refractivity contribution is 7.98. The van der Waals surface area contributed by atoms with Crippen molar-refractivity contribution in [2.45, 2.75) is 44.3 Å². The second-order valence-corrected chi connectivity index (χ2v) is 10.2. The highest BCUT2D eigenvalue weighted by atomic mass is 35.5. The van der Waals surface area contributed by atoms with E-state index in [0.29, 0.717) is 28.8 Å². The predicted molar refractivity (Wildman–Crippen MR) is 132 cm³/mol. The Kier molecular flexibility index (Phi) is 6.89. The van der Waals surface area contributed by atoms with Gasteiger partial charge < -0.3 is 10.2 Å². The summed E-state index contributed by atoms with van der Waals surface area (Å²) in [5.74, 6) is 0.753. The molecule has 4 rings (SSSR count). The number of aromatic nitrogens is 2. The molecule has 32 heavy (non-hydrogen) atoms. The average Bonchev–Trinajstić information content (AvgIpc) is 3.09. The van der Waals surface area contributed by atoms with E-state index in [4.69, 9.17) is 21.8 Å². The summed E-state index contributed by atoms with van der Waals surface area (Å²) < 4.78 is 0. The minimum Gasteiger partial charge on any atom is -0.353 e. The Bertz CT molecular complexity index is 1060. The van der Waals surface area contributed by atoms with Gasteiger partial charge >= 0.3 is 0 Å². The summed E-state index contributed by atoms with van der Waals surface area (Å²) >= 11 is 8.02. The molecule has 1 aliphatic heterocycles. The zero-order chi connectivity index (χ0) is 22.7. The van der Waals surface area contributed by atoms with Crippen molar-refractivity contribution in [3.05, 3.63) is 40.0 Å². The molecular weight excluding hydrogens is 442 g/mol. The number of hydrazone groups is 1. The molecule has 0 bridgehead atoms. The van der Waals surface area contributed by atoms with Gasteiger partial charge in [0.15, 0.2) is 5.16 Å². The Morgan fingerprint density at radius 1 is 1.41 bits per heavy atom. The number of piperazine rings is 1. The van der Waals surface area contributed by atoms with Gasteiger partial charge in [0.25, 0.3) is 0 Å². The number of thioether (sulfide) groups is 1. The molecule has 168 valence electrons. The van der Waals surface area contributed by atoms with Crippen LogP contribution in [0.4, 0.5) is 11.5 Å². The number of hydrogen-bond donors (Lipinski definition) is 2. The average molecular weight is 470 g/mol. The number of hydrogen-bond acceptors (Lipinski definition) is 8. The van der Waals surface area contributed by atoms with Crippen LogP contribution in [-0.4, -0.2) is 48.1 Å². The number of benzene rings is 1. The maximum absolute atomic E-state index is 9.09. The summed E-state index contributed by atoms with van der Waals surface area (Å²) in [5, 5.41) is 18.0. The third kappa shape index (κ3) is 5.01. The van der Waals surface area contributed by atoms with Crippen LogP contribution >= 0.6 is 23.4 Å². The summed E-state index contributed by atoms with van der Waals surface area (Å²) in [6, 6.07) is 8.68. The van der Waals surface area contributed by atoms with Gasteiger partial charge in [-0.15, -0.1) is 0 Å². The van der Waals surface area contributed by atoms with Crippen molar-refractivity contribution in [2.24, 2.45) is 10.5 Å². The zero-order valence-corrected chi connectivity index (χ0v) is 20.2. The third-order valence-electron chi connectivity index (χ3n) is 5.91. The lowest BCUT2D eigenvalue weighted by Crippen LogP contribution is -2.51. The van der Waals surface area contributed by atoms with Crippen molar-refractivity contribution < 1.29 is 0 Å². The number of nitrogens with zero attached hydrogens (tertiary/aromatic N) is 5. The molecule has 0 radical (unpaired) electrons. The number of anilines is 2. The first kappa shape index (κ1) is 22.8. The largest absolute Gasteiger partial charge is 0.353 e. The molecule has 0 spiro atoms. The van der Waals surface area contributed by atoms with Gasteiger partial charge in [0, 0.05) is 25.7 Å². The van der Waals surface area contributed by atoms with Crippen molar-refractivity contribution in [1.82, 2.24) is 15.3 Å². The molecule has 2 N–H and O–H groups in total. The lowest BCUT2D eigenvalue weighted by Gasteiger charge is -2.34. The summed E-state index contributed by atoms with van der Waals surface area (Å²) in [6.07, 6.45) is 6.19. The fraction of sp³-hybridized carbons (Fsp3) is 0.478. The molecule has 9 heteroatoms. The van der Waals surface area contributed by atoms with E-state index in [1.165, 1.54) is 22.9 Å². The smallest absolute Gasteiger partial charge is 0.190 e. The molecule has 2 aromatic rings. The van der Waals surface area contributed by atoms with E-state index in [2.05, 4.69) is 63.8 Å². The van der Waals surface area contributed by atoms with E-state index in [0.717, 1.165) is 37.4 Å². The second kappa shape index (κ2) is 9.65. The Morgan fingerprint density at radius 2 is 2.25 bits per heavy atom. The van der Waals surface area contributed by atoms with E-state index in [9.17, 15) is 0 Å². The molecule has 2 heterocycles. The molecule has 2 aliphatic rings. The van der Waals surface area contributed by atoms with Crippen LogP contribution in [0.25, 0.3) is 0 Å². The quantitative estimate of drug-likeness (QED) is 0.216. The maximum atomic E-state index is 9.09. The van der Waals surface area contributed by atoms with Gasteiger partial charge in [-0.1, -0.05) is 49.3 Å². The molecule has 1 aromatic carbocycles. The van der Waals surface area contributed by atoms with Crippen molar-refractivity contribution in [3.63, 3.8) is 0 Å². The van der Waals surface area contributed by atoms with Crippen LogP contribution in [0, 0.1) is 16.7 Å². The van der Waals surface area contributed by atoms with Crippen LogP contribution in [-0.2, 0) is 12.8 Å². The van der Waals surface area contributed by atoms with E-state index in [1.807, 2.05) is 6.26 Å². The van der Waals surface area contributed by atoms with Gasteiger partial charge in [0.05, 0.1) is 30.0 Å². The van der Waals surface area contributed by atoms with Gasteiger partial charge in [-0.05, 0) is 41.7 Å². The predicted octanol–water partition coefficient (Wildman–Crippen LogP) is 4.11. The number of rotatable bonds is 6. The normalized spacial score (nSPS) is 19.7. The zero-order valence-electron chi connectivity index (χ0n) is 18.7. The van der Waals surface area contributed by atoms with E-state index in [-0.39, 0.29) is 11.5 Å². The molecule has 0 saturated carbocycles. The van der Waals surface area contributed by atoms with Crippen LogP contribution in [0.2, 0.25) is 5.15 Å². The second-order valence-electron chi connectivity index (χ2n) is 9.03. The van der Waals surface area contributed by atoms with Gasteiger partial charge in [-0.3, -0.25) is 5.43 Å². The molecule has 7 nitrogen and oxygen atoms in total. The Balaban J connectivity index is 1.60. The first-order chi connectivity index (χ1) is 15.4. The van der Waals surface area contributed by atoms with Crippen molar-refractivity contribution in [2.75, 3.05) is 36.2 Å². The lowest BCUT2D eigenvalue weighted by molar-refractivity contribution is 0.393. The molecule has 1 fully saturated rings. The first-order valence-electron chi connectivity index (χ1n) is 10.8. The van der Waals surface area contributed by atoms with Crippen molar-refractivity contribution in [3.8, 4) is 6.07 Å². The van der Waals surface area contributed by atoms with Crippen molar-refractivity contribution in [1.29, 1.82) is 5.26 Å². The summed E-state index contributed by atoms with van der Waals surface area (Å²) in [6.45, 7) is 6.83. The van der Waals surface area contributed by atoms with Crippen LogP contribution in [0.3, 0.4) is 0 Å². The molecule has 1 unspecified atom stereocenters. The SMILES string of the molecule is CSc1nc(Cl)c(/C=N/Nc2cccc3c2CC(C)(C)C3)c(N2CCNC(CC#N)C2)n1. The fourth-order valence-corrected chi connectivity index (χ4v) is 5.08. The molecule has 1 aromatic heterocycles. The van der Waals surface area contributed by atoms with Crippen LogP contribution in [0.5, 0.6) is 0 Å². The van der Waals surface area contributed by atoms with Crippen LogP contribution in [0.15, 0.2) is 28.5 Å². The number of nitriles is 1. The monoisotopic (exact) mass is 469 g/mol. The number of fused-ring (bicyclic) bond motifs is 1. The number of halogens is 1. The summed E-state index contributed by atoms with van der Waals surface area (Å²) in [7, 11) is 0. The van der Waals surface area contributed by atoms with Gasteiger partial charge in [0.2, 0.25) is 0 Å². The maximum Gasteiger partial charge on any atom is 0.190 e. The highest BCUT2D eigenvalue weighted by Crippen LogP contribution is 2.39. The van der Waals surface area contributed by atoms with Crippen LogP contribution < -0.4 is 15.6 Å². The molecular formula is C23H28ClN7S. The lowest BCUT2D eigenvalue weighted by atomic mass is 9.90. The Hall–Kier alpha value is -2.34. The van der Waals surface area contributed by atoms with Gasteiger partial charge in [-0.2, -0.15) is 10.4 Å². The van der Waals surface area contributed by atoms with E-state index in [1.54, 1.807) is 6.21 Å². The van der Waals surface area contributed by atoms with E-state index < -0.39 is 0 Å². The number of nitrogens with one attached hydrogen (secondary N) is 2. The minimum atomic E-state index is 0.0957. The molecule has 1 aliphatic carbocycles. The fourth-order valence-electron chi connectivity index (χ4n) is 4.46. The third-order valence-corrected chi connectivity index (χ3v) is 6.75. The van der Waals surface area contributed by atoms with Crippen molar-refractivity contribution >= 4 is 41.1 Å². The first-order valence-corrected chi connectivity index (χ1v) is 12.4. The van der Waals surface area contributed by atoms with Gasteiger partial charge in [0.1, 0.15) is 11.0 Å². The Morgan fingerprint density at radius 3 is 3.03 bits per heavy atom. The summed E-state index contributed by atoms with van der Waals surface area (Å²) in [5.41, 5.74) is 7.91. The van der Waals surface area contributed by atoms with E-state index >= 15 is 0 Å². The molecule has 1 atom stereocenters. The van der Waals surface area contributed by atoms with Crippen LogP contribution in [0.1, 0.15) is 37.0 Å². The molecule has 1 saturated heterocycles. The molecule has 0 amide bonds. The minimum absolute atomic E-state index is 0.0957. The highest BCUT2D eigenvalue weighted by Gasteiger charge is 2.30.